The third kappa shape index (κ3) is 4.06. The number of nitriles is 1. The molecule has 0 aromatic carbocycles. The smallest absolute Gasteiger partial charge is 0.148 e. The fourth-order valence-electron chi connectivity index (χ4n) is 3.55. The summed E-state index contributed by atoms with van der Waals surface area (Å²) in [4.78, 5) is 9.06. The third-order valence-corrected chi connectivity index (χ3v) is 5.06. The maximum absolute atomic E-state index is 9.74. The van der Waals surface area contributed by atoms with Gasteiger partial charge in [-0.15, -0.1) is 0 Å². The minimum Gasteiger partial charge on any atom is -0.239 e. The summed E-state index contributed by atoms with van der Waals surface area (Å²) >= 11 is 0. The Morgan fingerprint density at radius 1 is 1.14 bits per heavy atom. The molecule has 0 aliphatic heterocycles. The van der Waals surface area contributed by atoms with Crippen molar-refractivity contribution in [3.05, 3.63) is 23.8 Å². The highest BCUT2D eigenvalue weighted by molar-refractivity contribution is 5.22. The van der Waals surface area contributed by atoms with Gasteiger partial charge in [-0.2, -0.15) is 5.26 Å². The lowest BCUT2D eigenvalue weighted by molar-refractivity contribution is 0.254. The van der Waals surface area contributed by atoms with Crippen LogP contribution < -0.4 is 0 Å². The number of unbranched alkanes of at least 4 members (excludes halogenated alkanes) is 2. The summed E-state index contributed by atoms with van der Waals surface area (Å²) in [6.07, 6.45) is 15.4. The quantitative estimate of drug-likeness (QED) is 0.668. The van der Waals surface area contributed by atoms with Crippen molar-refractivity contribution in [2.75, 3.05) is 0 Å². The Labute approximate surface area is 135 Å². The van der Waals surface area contributed by atoms with Gasteiger partial charge in [0.05, 0.1) is 6.07 Å². The van der Waals surface area contributed by atoms with E-state index < -0.39 is 5.41 Å². The number of nitrogens with zero attached hydrogens (tertiary/aromatic N) is 3. The summed E-state index contributed by atoms with van der Waals surface area (Å²) in [6, 6.07) is 2.55. The molecule has 1 saturated carbocycles. The third-order valence-electron chi connectivity index (χ3n) is 5.06. The summed E-state index contributed by atoms with van der Waals surface area (Å²) in [5, 5.41) is 9.74. The van der Waals surface area contributed by atoms with Crippen LogP contribution in [0.5, 0.6) is 0 Å². The van der Waals surface area contributed by atoms with E-state index in [9.17, 15) is 5.26 Å². The van der Waals surface area contributed by atoms with Crippen LogP contribution in [-0.2, 0) is 11.8 Å². The topological polar surface area (TPSA) is 49.6 Å². The predicted octanol–water partition coefficient (Wildman–Crippen LogP) is 4.96. The van der Waals surface area contributed by atoms with Crippen molar-refractivity contribution in [1.29, 1.82) is 5.26 Å². The molecule has 0 N–H and O–H groups in total. The van der Waals surface area contributed by atoms with Gasteiger partial charge in [0.2, 0.25) is 0 Å². The van der Waals surface area contributed by atoms with Crippen molar-refractivity contribution in [2.24, 2.45) is 5.92 Å². The van der Waals surface area contributed by atoms with Crippen LogP contribution in [0, 0.1) is 17.2 Å². The van der Waals surface area contributed by atoms with Gasteiger partial charge in [0, 0.05) is 12.4 Å². The van der Waals surface area contributed by atoms with Gasteiger partial charge in [-0.1, -0.05) is 46.0 Å². The Morgan fingerprint density at radius 3 is 2.36 bits per heavy atom. The Balaban J connectivity index is 1.98. The largest absolute Gasteiger partial charge is 0.239 e. The second kappa shape index (κ2) is 8.27. The average molecular weight is 299 g/mol. The molecule has 0 bridgehead atoms. The monoisotopic (exact) mass is 299 g/mol. The summed E-state index contributed by atoms with van der Waals surface area (Å²) in [5.74, 6) is 1.55. The lowest BCUT2D eigenvalue weighted by Crippen LogP contribution is -2.32. The van der Waals surface area contributed by atoms with Crippen LogP contribution in [0.3, 0.4) is 0 Å². The Kier molecular flexibility index (Phi) is 6.36. The van der Waals surface area contributed by atoms with Gasteiger partial charge in [-0.3, -0.25) is 0 Å². The maximum Gasteiger partial charge on any atom is 0.148 e. The first-order valence-corrected chi connectivity index (χ1v) is 8.96. The molecule has 0 unspecified atom stereocenters. The van der Waals surface area contributed by atoms with Gasteiger partial charge >= 0.3 is 0 Å². The number of hydrogen-bond acceptors (Lipinski definition) is 3. The molecule has 1 fully saturated rings. The van der Waals surface area contributed by atoms with Crippen LogP contribution in [0.1, 0.15) is 83.0 Å². The zero-order chi connectivity index (χ0) is 15.8. The molecule has 1 aliphatic rings. The van der Waals surface area contributed by atoms with E-state index >= 15 is 0 Å². The Morgan fingerprint density at radius 2 is 1.82 bits per heavy atom. The molecule has 120 valence electrons. The van der Waals surface area contributed by atoms with E-state index in [-0.39, 0.29) is 0 Å². The molecule has 1 aromatic heterocycles. The minimum atomic E-state index is -0.438. The molecule has 1 heterocycles. The van der Waals surface area contributed by atoms with E-state index in [1.165, 1.54) is 31.2 Å². The molecule has 0 saturated heterocycles. The van der Waals surface area contributed by atoms with Crippen molar-refractivity contribution in [2.45, 2.75) is 83.5 Å². The second-order valence-electron chi connectivity index (χ2n) is 6.80. The number of aromatic nitrogens is 2. The highest BCUT2D eigenvalue weighted by Gasteiger charge is 2.39. The summed E-state index contributed by atoms with van der Waals surface area (Å²) in [6.45, 7) is 4.41. The standard InChI is InChI=1S/C19H29N3/c1-3-5-6-8-16-9-11-19(15-20,12-10-16)18-21-13-17(7-4-2)14-22-18/h13-14,16H,3-12H2,1-2H3. The van der Waals surface area contributed by atoms with E-state index in [1.807, 2.05) is 12.4 Å². The van der Waals surface area contributed by atoms with Crippen LogP contribution in [-0.4, -0.2) is 9.97 Å². The number of hydrogen-bond donors (Lipinski definition) is 0. The fourth-order valence-corrected chi connectivity index (χ4v) is 3.55. The maximum atomic E-state index is 9.74. The van der Waals surface area contributed by atoms with Crippen LogP contribution in [0.25, 0.3) is 0 Å². The molecule has 0 amide bonds. The van der Waals surface area contributed by atoms with Crippen molar-refractivity contribution >= 4 is 0 Å². The molecular formula is C19H29N3. The predicted molar refractivity (Wildman–Crippen MR) is 89.4 cm³/mol. The molecular weight excluding hydrogens is 270 g/mol. The molecule has 0 radical (unpaired) electrons. The van der Waals surface area contributed by atoms with E-state index in [0.717, 1.165) is 50.3 Å². The van der Waals surface area contributed by atoms with Gasteiger partial charge in [0.15, 0.2) is 0 Å². The molecule has 3 nitrogen and oxygen atoms in total. The van der Waals surface area contributed by atoms with Crippen LogP contribution in [0.2, 0.25) is 0 Å². The fraction of sp³-hybridized carbons (Fsp3) is 0.737. The van der Waals surface area contributed by atoms with Crippen molar-refractivity contribution in [1.82, 2.24) is 9.97 Å². The van der Waals surface area contributed by atoms with Gasteiger partial charge < -0.3 is 0 Å². The molecule has 1 aromatic rings. The molecule has 0 spiro atoms. The first kappa shape index (κ1) is 16.9. The lowest BCUT2D eigenvalue weighted by Gasteiger charge is -2.33. The van der Waals surface area contributed by atoms with Gasteiger partial charge in [-0.25, -0.2) is 9.97 Å². The van der Waals surface area contributed by atoms with Crippen LogP contribution in [0.15, 0.2) is 12.4 Å². The van der Waals surface area contributed by atoms with E-state index in [0.29, 0.717) is 0 Å². The van der Waals surface area contributed by atoms with Gasteiger partial charge in [0.25, 0.3) is 0 Å². The van der Waals surface area contributed by atoms with Crippen LogP contribution in [0.4, 0.5) is 0 Å². The van der Waals surface area contributed by atoms with Crippen molar-refractivity contribution in [3.8, 4) is 6.07 Å². The summed E-state index contributed by atoms with van der Waals surface area (Å²) < 4.78 is 0. The molecule has 0 atom stereocenters. The molecule has 1 aliphatic carbocycles. The lowest BCUT2D eigenvalue weighted by atomic mass is 9.69. The summed E-state index contributed by atoms with van der Waals surface area (Å²) in [5.41, 5.74) is 0.735. The van der Waals surface area contributed by atoms with Crippen LogP contribution >= 0.6 is 0 Å². The Hall–Kier alpha value is -1.43. The van der Waals surface area contributed by atoms with E-state index in [4.69, 9.17) is 0 Å². The van der Waals surface area contributed by atoms with Crippen molar-refractivity contribution < 1.29 is 0 Å². The molecule has 22 heavy (non-hydrogen) atoms. The number of rotatable bonds is 7. The SMILES string of the molecule is CCCCCC1CCC(C#N)(c2ncc(CCC)cn2)CC1. The Bertz CT molecular complexity index is 478. The van der Waals surface area contributed by atoms with Gasteiger partial charge in [0.1, 0.15) is 11.2 Å². The van der Waals surface area contributed by atoms with E-state index in [2.05, 4.69) is 29.9 Å². The highest BCUT2D eigenvalue weighted by Crippen LogP contribution is 2.41. The van der Waals surface area contributed by atoms with Crippen molar-refractivity contribution in [3.63, 3.8) is 0 Å². The second-order valence-corrected chi connectivity index (χ2v) is 6.80. The zero-order valence-electron chi connectivity index (χ0n) is 14.1. The first-order chi connectivity index (χ1) is 10.7. The summed E-state index contributed by atoms with van der Waals surface area (Å²) in [7, 11) is 0. The average Bonchev–Trinajstić information content (AvgIpc) is 2.57. The normalized spacial score (nSPS) is 24.9. The van der Waals surface area contributed by atoms with Gasteiger partial charge in [-0.05, 0) is 43.6 Å². The first-order valence-electron chi connectivity index (χ1n) is 8.96. The number of aryl methyl sites for hydroxylation is 1. The van der Waals surface area contributed by atoms with E-state index in [1.54, 1.807) is 0 Å². The zero-order valence-corrected chi connectivity index (χ0v) is 14.1. The molecule has 3 heteroatoms. The minimum absolute atomic E-state index is 0.438. The highest BCUT2D eigenvalue weighted by atomic mass is 14.9. The molecule has 2 rings (SSSR count).